The van der Waals surface area contributed by atoms with Crippen molar-refractivity contribution in [1.29, 1.82) is 0 Å². The van der Waals surface area contributed by atoms with Crippen LogP contribution in [0, 0.1) is 6.92 Å². The Morgan fingerprint density at radius 1 is 1.30 bits per heavy atom. The van der Waals surface area contributed by atoms with Gasteiger partial charge in [-0.25, -0.2) is 0 Å². The first-order valence-corrected chi connectivity index (χ1v) is 7.21. The van der Waals surface area contributed by atoms with Crippen molar-refractivity contribution in [2.45, 2.75) is 32.4 Å². The molecule has 0 atom stereocenters. The van der Waals surface area contributed by atoms with Crippen LogP contribution in [0.5, 0.6) is 11.5 Å². The van der Waals surface area contributed by atoms with Gasteiger partial charge >= 0.3 is 0 Å². The minimum atomic E-state index is 0.676. The molecule has 0 spiro atoms. The van der Waals surface area contributed by atoms with E-state index in [0.29, 0.717) is 11.1 Å². The second-order valence-electron chi connectivity index (χ2n) is 5.15. The van der Waals surface area contributed by atoms with Gasteiger partial charge in [-0.2, -0.15) is 0 Å². The molecule has 0 bridgehead atoms. The number of halogens is 1. The molecule has 0 saturated heterocycles. The maximum atomic E-state index is 6.00. The van der Waals surface area contributed by atoms with Gasteiger partial charge in [-0.1, -0.05) is 17.7 Å². The molecule has 0 unspecified atom stereocenters. The summed E-state index contributed by atoms with van der Waals surface area (Å²) in [7, 11) is 0. The lowest BCUT2D eigenvalue weighted by Gasteiger charge is -2.10. The number of benzene rings is 1. The smallest absolute Gasteiger partial charge is 0.131 e. The van der Waals surface area contributed by atoms with Crippen LogP contribution in [0.2, 0.25) is 5.02 Å². The fourth-order valence-electron chi connectivity index (χ4n) is 1.96. The van der Waals surface area contributed by atoms with Crippen LogP contribution in [0.3, 0.4) is 0 Å². The van der Waals surface area contributed by atoms with Gasteiger partial charge in [0.1, 0.15) is 11.5 Å². The van der Waals surface area contributed by atoms with E-state index in [-0.39, 0.29) is 0 Å². The highest BCUT2D eigenvalue weighted by molar-refractivity contribution is 6.30. The largest absolute Gasteiger partial charge is 0.457 e. The third kappa shape index (κ3) is 3.50. The van der Waals surface area contributed by atoms with Gasteiger partial charge in [-0.05, 0) is 43.5 Å². The van der Waals surface area contributed by atoms with Crippen molar-refractivity contribution in [3.8, 4) is 11.5 Å². The van der Waals surface area contributed by atoms with Gasteiger partial charge in [0.25, 0.3) is 0 Å². The molecule has 0 aliphatic heterocycles. The molecule has 0 amide bonds. The zero-order valence-electron chi connectivity index (χ0n) is 11.4. The quantitative estimate of drug-likeness (QED) is 0.900. The van der Waals surface area contributed by atoms with E-state index in [9.17, 15) is 0 Å². The molecule has 1 aliphatic carbocycles. The number of hydrogen-bond acceptors (Lipinski definition) is 3. The highest BCUT2D eigenvalue weighted by Gasteiger charge is 2.20. The van der Waals surface area contributed by atoms with Gasteiger partial charge in [0, 0.05) is 29.9 Å². The lowest BCUT2D eigenvalue weighted by molar-refractivity contribution is 0.476. The average molecular weight is 289 g/mol. The number of nitrogens with zero attached hydrogens (tertiary/aromatic N) is 1. The van der Waals surface area contributed by atoms with Crippen LogP contribution in [-0.2, 0) is 6.54 Å². The Hall–Kier alpha value is -1.58. The van der Waals surface area contributed by atoms with Crippen molar-refractivity contribution in [2.75, 3.05) is 0 Å². The molecule has 4 heteroatoms. The van der Waals surface area contributed by atoms with E-state index in [1.165, 1.54) is 12.8 Å². The van der Waals surface area contributed by atoms with Crippen molar-refractivity contribution in [2.24, 2.45) is 0 Å². The van der Waals surface area contributed by atoms with Gasteiger partial charge in [0.05, 0.1) is 5.69 Å². The first-order chi connectivity index (χ1) is 9.70. The predicted molar refractivity (Wildman–Crippen MR) is 80.4 cm³/mol. The molecule has 1 aliphatic rings. The maximum Gasteiger partial charge on any atom is 0.131 e. The third-order valence-electron chi connectivity index (χ3n) is 3.32. The summed E-state index contributed by atoms with van der Waals surface area (Å²) in [5, 5.41) is 4.12. The number of aromatic nitrogens is 1. The van der Waals surface area contributed by atoms with Gasteiger partial charge < -0.3 is 10.1 Å². The number of pyridine rings is 1. The Kier molecular flexibility index (Phi) is 3.90. The van der Waals surface area contributed by atoms with Gasteiger partial charge in [-0.3, -0.25) is 4.98 Å². The minimum Gasteiger partial charge on any atom is -0.457 e. The molecule has 1 aromatic carbocycles. The van der Waals surface area contributed by atoms with E-state index in [2.05, 4.69) is 10.3 Å². The van der Waals surface area contributed by atoms with Crippen LogP contribution >= 0.6 is 11.6 Å². The van der Waals surface area contributed by atoms with E-state index in [1.54, 1.807) is 6.20 Å². The molecule has 2 aromatic rings. The van der Waals surface area contributed by atoms with E-state index in [1.807, 2.05) is 37.3 Å². The van der Waals surface area contributed by atoms with E-state index < -0.39 is 0 Å². The van der Waals surface area contributed by atoms with Gasteiger partial charge in [0.2, 0.25) is 0 Å². The van der Waals surface area contributed by atoms with E-state index in [4.69, 9.17) is 16.3 Å². The molecule has 1 heterocycles. The van der Waals surface area contributed by atoms with Crippen molar-refractivity contribution >= 4 is 11.6 Å². The van der Waals surface area contributed by atoms with Crippen LogP contribution in [0.25, 0.3) is 0 Å². The molecule has 1 aromatic heterocycles. The fraction of sp³-hybridized carbons (Fsp3) is 0.312. The number of rotatable bonds is 5. The highest BCUT2D eigenvalue weighted by Crippen LogP contribution is 2.28. The summed E-state index contributed by atoms with van der Waals surface area (Å²) in [6.07, 6.45) is 4.33. The summed E-state index contributed by atoms with van der Waals surface area (Å²) in [6.45, 7) is 2.79. The standard InChI is InChI=1S/C16H17ClN2O/c1-11-2-3-12(17)8-16(11)20-15-6-7-18-14(9-15)10-19-13-4-5-13/h2-3,6-9,13,19H,4-5,10H2,1H3. The summed E-state index contributed by atoms with van der Waals surface area (Å²) < 4.78 is 5.90. The Labute approximate surface area is 123 Å². The molecule has 1 N–H and O–H groups in total. The van der Waals surface area contributed by atoms with Gasteiger partial charge in [-0.15, -0.1) is 0 Å². The lowest BCUT2D eigenvalue weighted by Crippen LogP contribution is -2.16. The predicted octanol–water partition coefficient (Wildman–Crippen LogP) is 4.09. The molecule has 20 heavy (non-hydrogen) atoms. The fourth-order valence-corrected chi connectivity index (χ4v) is 2.13. The molecule has 1 fully saturated rings. The van der Waals surface area contributed by atoms with Crippen LogP contribution < -0.4 is 10.1 Å². The Balaban J connectivity index is 1.72. The Morgan fingerprint density at radius 2 is 2.15 bits per heavy atom. The van der Waals surface area contributed by atoms with E-state index in [0.717, 1.165) is 29.3 Å². The summed E-state index contributed by atoms with van der Waals surface area (Å²) >= 11 is 6.00. The van der Waals surface area contributed by atoms with Crippen molar-refractivity contribution in [1.82, 2.24) is 10.3 Å². The number of aryl methyl sites for hydroxylation is 1. The topological polar surface area (TPSA) is 34.1 Å². The Bertz CT molecular complexity index is 611. The molecule has 1 saturated carbocycles. The molecule has 0 radical (unpaired) electrons. The maximum absolute atomic E-state index is 6.00. The number of hydrogen-bond donors (Lipinski definition) is 1. The zero-order chi connectivity index (χ0) is 13.9. The minimum absolute atomic E-state index is 0.676. The second-order valence-corrected chi connectivity index (χ2v) is 5.59. The molecular weight excluding hydrogens is 272 g/mol. The summed E-state index contributed by atoms with van der Waals surface area (Å²) in [4.78, 5) is 4.35. The average Bonchev–Trinajstić information content (AvgIpc) is 3.25. The lowest BCUT2D eigenvalue weighted by atomic mass is 10.2. The van der Waals surface area contributed by atoms with Crippen LogP contribution in [-0.4, -0.2) is 11.0 Å². The van der Waals surface area contributed by atoms with Crippen molar-refractivity contribution in [3.63, 3.8) is 0 Å². The zero-order valence-corrected chi connectivity index (χ0v) is 12.2. The molecule has 104 valence electrons. The Morgan fingerprint density at radius 3 is 2.95 bits per heavy atom. The second kappa shape index (κ2) is 5.81. The molecule has 3 rings (SSSR count). The summed E-state index contributed by atoms with van der Waals surface area (Å²) in [5.74, 6) is 1.57. The summed E-state index contributed by atoms with van der Waals surface area (Å²) in [5.41, 5.74) is 2.05. The van der Waals surface area contributed by atoms with E-state index >= 15 is 0 Å². The van der Waals surface area contributed by atoms with Crippen LogP contribution in [0.15, 0.2) is 36.5 Å². The van der Waals surface area contributed by atoms with Crippen LogP contribution in [0.4, 0.5) is 0 Å². The normalized spacial score (nSPS) is 14.3. The van der Waals surface area contributed by atoms with Gasteiger partial charge in [0.15, 0.2) is 0 Å². The first kappa shape index (κ1) is 13.4. The monoisotopic (exact) mass is 288 g/mol. The first-order valence-electron chi connectivity index (χ1n) is 6.83. The van der Waals surface area contributed by atoms with Crippen molar-refractivity contribution < 1.29 is 4.74 Å². The number of nitrogens with one attached hydrogen (secondary N) is 1. The SMILES string of the molecule is Cc1ccc(Cl)cc1Oc1ccnc(CNC2CC2)c1. The third-order valence-corrected chi connectivity index (χ3v) is 3.55. The number of ether oxygens (including phenoxy) is 1. The van der Waals surface area contributed by atoms with Crippen molar-refractivity contribution in [3.05, 3.63) is 52.8 Å². The summed E-state index contributed by atoms with van der Waals surface area (Å²) in [6, 6.07) is 10.2. The molecular formula is C16H17ClN2O. The van der Waals surface area contributed by atoms with Crippen LogP contribution in [0.1, 0.15) is 24.1 Å². The highest BCUT2D eigenvalue weighted by atomic mass is 35.5. The molecule has 3 nitrogen and oxygen atoms in total.